The molecular formula is C22H23NO. The summed E-state index contributed by atoms with van der Waals surface area (Å²) in [6.07, 6.45) is 0. The van der Waals surface area contributed by atoms with Gasteiger partial charge in [-0.3, -0.25) is 0 Å². The smallest absolute Gasteiger partial charge is 0.134 e. The van der Waals surface area contributed by atoms with Crippen molar-refractivity contribution in [3.63, 3.8) is 0 Å². The lowest BCUT2D eigenvalue weighted by atomic mass is 9.77. The van der Waals surface area contributed by atoms with Crippen molar-refractivity contribution in [1.29, 1.82) is 0 Å². The average molecular weight is 317 g/mol. The molecule has 0 heterocycles. The molecule has 0 bridgehead atoms. The molecule has 122 valence electrons. The van der Waals surface area contributed by atoms with Crippen molar-refractivity contribution in [3.05, 3.63) is 107 Å². The highest BCUT2D eigenvalue weighted by atomic mass is 16.3. The van der Waals surface area contributed by atoms with E-state index in [1.807, 2.05) is 74.5 Å². The summed E-state index contributed by atoms with van der Waals surface area (Å²) in [5.74, 6) is 0. The summed E-state index contributed by atoms with van der Waals surface area (Å²) in [6, 6.07) is 24.9. The summed E-state index contributed by atoms with van der Waals surface area (Å²) in [6.45, 7) is 4.10. The van der Waals surface area contributed by atoms with Crippen LogP contribution in [0.2, 0.25) is 0 Å². The van der Waals surface area contributed by atoms with Crippen molar-refractivity contribution < 1.29 is 5.11 Å². The largest absolute Gasteiger partial charge is 0.378 e. The lowest BCUT2D eigenvalue weighted by Crippen LogP contribution is -2.39. The Morgan fingerprint density at radius 1 is 0.750 bits per heavy atom. The molecule has 24 heavy (non-hydrogen) atoms. The molecule has 0 radical (unpaired) electrons. The van der Waals surface area contributed by atoms with Crippen molar-refractivity contribution >= 4 is 0 Å². The fourth-order valence-electron chi connectivity index (χ4n) is 3.34. The molecule has 2 nitrogen and oxygen atoms in total. The monoisotopic (exact) mass is 317 g/mol. The molecule has 0 fully saturated rings. The van der Waals surface area contributed by atoms with Crippen LogP contribution >= 0.6 is 0 Å². The first-order valence-electron chi connectivity index (χ1n) is 8.19. The first-order chi connectivity index (χ1) is 11.5. The van der Waals surface area contributed by atoms with E-state index in [-0.39, 0.29) is 0 Å². The van der Waals surface area contributed by atoms with Crippen molar-refractivity contribution in [1.82, 2.24) is 0 Å². The third kappa shape index (κ3) is 2.99. The Morgan fingerprint density at radius 3 is 1.58 bits per heavy atom. The summed E-state index contributed by atoms with van der Waals surface area (Å²) in [5.41, 5.74) is 10.1. The molecule has 1 atom stereocenters. The van der Waals surface area contributed by atoms with E-state index < -0.39 is 11.6 Å². The summed E-state index contributed by atoms with van der Waals surface area (Å²) < 4.78 is 0. The van der Waals surface area contributed by atoms with Gasteiger partial charge in [-0.05, 0) is 30.5 Å². The van der Waals surface area contributed by atoms with Gasteiger partial charge in [-0.15, -0.1) is 0 Å². The molecule has 0 aliphatic rings. The number of hydrogen-bond acceptors (Lipinski definition) is 2. The van der Waals surface area contributed by atoms with Crippen LogP contribution in [0.25, 0.3) is 0 Å². The highest BCUT2D eigenvalue weighted by molar-refractivity contribution is 5.42. The van der Waals surface area contributed by atoms with Gasteiger partial charge in [-0.25, -0.2) is 0 Å². The highest BCUT2D eigenvalue weighted by Gasteiger charge is 2.39. The van der Waals surface area contributed by atoms with Crippen molar-refractivity contribution in [2.45, 2.75) is 25.5 Å². The van der Waals surface area contributed by atoms with E-state index in [0.29, 0.717) is 0 Å². The Balaban J connectivity index is 2.18. The van der Waals surface area contributed by atoms with Crippen LogP contribution in [0.1, 0.15) is 33.9 Å². The van der Waals surface area contributed by atoms with Crippen molar-refractivity contribution in [2.24, 2.45) is 5.73 Å². The molecule has 0 unspecified atom stereocenters. The van der Waals surface area contributed by atoms with E-state index in [4.69, 9.17) is 5.73 Å². The zero-order chi connectivity index (χ0) is 17.2. The second-order valence-corrected chi connectivity index (χ2v) is 6.40. The van der Waals surface area contributed by atoms with Crippen molar-refractivity contribution in [2.75, 3.05) is 0 Å². The van der Waals surface area contributed by atoms with Gasteiger partial charge in [0.05, 0.1) is 6.04 Å². The van der Waals surface area contributed by atoms with E-state index >= 15 is 0 Å². The van der Waals surface area contributed by atoms with Crippen LogP contribution in [0.4, 0.5) is 0 Å². The number of benzene rings is 3. The molecule has 3 rings (SSSR count). The number of aliphatic hydroxyl groups is 1. The summed E-state index contributed by atoms with van der Waals surface area (Å²) in [7, 11) is 0. The van der Waals surface area contributed by atoms with Gasteiger partial charge >= 0.3 is 0 Å². The van der Waals surface area contributed by atoms with Crippen LogP contribution in [0.15, 0.2) is 78.9 Å². The topological polar surface area (TPSA) is 46.2 Å². The molecule has 3 aromatic rings. The first kappa shape index (κ1) is 16.4. The molecule has 0 aliphatic carbocycles. The standard InChI is InChI=1S/C22H23NO/c1-16-13-17(2)15-18(14-16)21(23)22(24,19-9-5-3-6-10-19)20-11-7-4-8-12-20/h3-15,21,24H,23H2,1-2H3/t21-/m1/s1. The molecule has 0 spiro atoms. The van der Waals surface area contributed by atoms with Gasteiger partial charge in [0.25, 0.3) is 0 Å². The van der Waals surface area contributed by atoms with Crippen LogP contribution in [-0.4, -0.2) is 5.11 Å². The third-order valence-corrected chi connectivity index (χ3v) is 4.48. The third-order valence-electron chi connectivity index (χ3n) is 4.48. The van der Waals surface area contributed by atoms with E-state index in [1.165, 1.54) is 0 Å². The van der Waals surface area contributed by atoms with Crippen LogP contribution in [0, 0.1) is 13.8 Å². The summed E-state index contributed by atoms with van der Waals surface area (Å²) in [4.78, 5) is 0. The van der Waals surface area contributed by atoms with Gasteiger partial charge in [-0.2, -0.15) is 0 Å². The van der Waals surface area contributed by atoms with Crippen LogP contribution in [-0.2, 0) is 5.60 Å². The van der Waals surface area contributed by atoms with E-state index in [0.717, 1.165) is 27.8 Å². The van der Waals surface area contributed by atoms with E-state index in [1.54, 1.807) is 0 Å². The zero-order valence-corrected chi connectivity index (χ0v) is 14.1. The summed E-state index contributed by atoms with van der Waals surface area (Å²) in [5, 5.41) is 11.7. The fourth-order valence-corrected chi connectivity index (χ4v) is 3.34. The summed E-state index contributed by atoms with van der Waals surface area (Å²) >= 11 is 0. The lowest BCUT2D eigenvalue weighted by Gasteiger charge is -2.35. The fraction of sp³-hybridized carbons (Fsp3) is 0.182. The quantitative estimate of drug-likeness (QED) is 0.756. The minimum atomic E-state index is -1.29. The molecular weight excluding hydrogens is 294 g/mol. The number of aryl methyl sites for hydroxylation is 2. The molecule has 0 saturated heterocycles. The Labute approximate surface area is 143 Å². The van der Waals surface area contributed by atoms with Gasteiger partial charge in [-0.1, -0.05) is 90.0 Å². The highest BCUT2D eigenvalue weighted by Crippen LogP contribution is 2.39. The Hall–Kier alpha value is -2.42. The minimum absolute atomic E-state index is 0.569. The van der Waals surface area contributed by atoms with Gasteiger partial charge in [0.1, 0.15) is 5.60 Å². The van der Waals surface area contributed by atoms with E-state index in [9.17, 15) is 5.11 Å². The first-order valence-corrected chi connectivity index (χ1v) is 8.19. The number of hydrogen-bond donors (Lipinski definition) is 2. The maximum atomic E-state index is 11.7. The second kappa shape index (κ2) is 6.60. The van der Waals surface area contributed by atoms with Crippen molar-refractivity contribution in [3.8, 4) is 0 Å². The van der Waals surface area contributed by atoms with Gasteiger partial charge in [0.2, 0.25) is 0 Å². The minimum Gasteiger partial charge on any atom is -0.378 e. The normalized spacial score (nSPS) is 12.8. The van der Waals surface area contributed by atoms with Gasteiger partial charge in [0.15, 0.2) is 0 Å². The SMILES string of the molecule is Cc1cc(C)cc([C@@H](N)C(O)(c2ccccc2)c2ccccc2)c1. The Kier molecular flexibility index (Phi) is 4.52. The molecule has 3 N–H and O–H groups in total. The predicted octanol–water partition coefficient (Wildman–Crippen LogP) is 4.24. The average Bonchev–Trinajstić information content (AvgIpc) is 2.61. The van der Waals surface area contributed by atoms with Gasteiger partial charge in [0, 0.05) is 0 Å². The lowest BCUT2D eigenvalue weighted by molar-refractivity contribution is 0.0512. The maximum absolute atomic E-state index is 11.7. The van der Waals surface area contributed by atoms with Crippen LogP contribution in [0.3, 0.4) is 0 Å². The number of rotatable bonds is 4. The molecule has 0 saturated carbocycles. The van der Waals surface area contributed by atoms with Gasteiger partial charge < -0.3 is 10.8 Å². The predicted molar refractivity (Wildman–Crippen MR) is 98.7 cm³/mol. The van der Waals surface area contributed by atoms with E-state index in [2.05, 4.69) is 18.2 Å². The molecule has 0 aromatic heterocycles. The zero-order valence-electron chi connectivity index (χ0n) is 14.1. The van der Waals surface area contributed by atoms with Crippen LogP contribution in [0.5, 0.6) is 0 Å². The van der Waals surface area contributed by atoms with Crippen LogP contribution < -0.4 is 5.73 Å². The molecule has 0 amide bonds. The molecule has 0 aliphatic heterocycles. The maximum Gasteiger partial charge on any atom is 0.134 e. The number of nitrogens with two attached hydrogens (primary N) is 1. The molecule has 2 heteroatoms. The molecule has 3 aromatic carbocycles. The second-order valence-electron chi connectivity index (χ2n) is 6.40. The Bertz CT molecular complexity index is 752. The Morgan fingerprint density at radius 2 is 1.17 bits per heavy atom.